The third kappa shape index (κ3) is 6.82. The van der Waals surface area contributed by atoms with Crippen molar-refractivity contribution in [3.8, 4) is 0 Å². The lowest BCUT2D eigenvalue weighted by Crippen LogP contribution is -2.35. The van der Waals surface area contributed by atoms with Gasteiger partial charge in [0.15, 0.2) is 0 Å². The number of rotatable bonds is 7. The fraction of sp³-hybridized carbons (Fsp3) is 0.889. The molecule has 5 nitrogen and oxygen atoms in total. The summed E-state index contributed by atoms with van der Waals surface area (Å²) in [6, 6.07) is 0. The van der Waals surface area contributed by atoms with E-state index in [1.807, 2.05) is 13.8 Å². The molecule has 0 bridgehead atoms. The second-order valence-electron chi connectivity index (χ2n) is 4.12. The Morgan fingerprint density at radius 1 is 1.43 bits per heavy atom. The molecule has 0 saturated heterocycles. The lowest BCUT2D eigenvalue weighted by Gasteiger charge is -2.25. The van der Waals surface area contributed by atoms with E-state index < -0.39 is 5.91 Å². The first kappa shape index (κ1) is 13.4. The van der Waals surface area contributed by atoms with Crippen LogP contribution in [-0.2, 0) is 14.4 Å². The maximum absolute atomic E-state index is 10.5. The van der Waals surface area contributed by atoms with Crippen molar-refractivity contribution in [3.05, 3.63) is 0 Å². The normalized spacial score (nSPS) is 12.1. The van der Waals surface area contributed by atoms with Crippen molar-refractivity contribution in [3.63, 3.8) is 0 Å². The minimum Gasteiger partial charge on any atom is -0.384 e. The third-order valence-electron chi connectivity index (χ3n) is 1.59. The molecule has 0 atom stereocenters. The first-order valence-corrected chi connectivity index (χ1v) is 4.49. The largest absolute Gasteiger partial charge is 0.384 e. The number of carbonyl (C=O) groups is 1. The topological polar surface area (TPSA) is 64.8 Å². The van der Waals surface area contributed by atoms with E-state index in [0.717, 1.165) is 0 Å². The Morgan fingerprint density at radius 2 is 2.00 bits per heavy atom. The summed E-state index contributed by atoms with van der Waals surface area (Å²) in [5.74, 6) is -0.406. The van der Waals surface area contributed by atoms with E-state index in [-0.39, 0.29) is 12.0 Å². The van der Waals surface area contributed by atoms with E-state index in [1.54, 1.807) is 14.2 Å². The first-order chi connectivity index (χ1) is 6.37. The molecule has 0 rings (SSSR count). The predicted octanol–water partition coefficient (Wildman–Crippen LogP) is 0.00770. The highest BCUT2D eigenvalue weighted by molar-refractivity contribution is 5.75. The molecule has 0 aromatic carbocycles. The van der Waals surface area contributed by atoms with Gasteiger partial charge >= 0.3 is 0 Å². The van der Waals surface area contributed by atoms with E-state index in [2.05, 4.69) is 0 Å². The van der Waals surface area contributed by atoms with Crippen molar-refractivity contribution < 1.29 is 14.4 Å². The maximum Gasteiger partial charge on any atom is 0.234 e. The average molecular weight is 204 g/mol. The summed E-state index contributed by atoms with van der Waals surface area (Å²) in [6.45, 7) is 5.24. The zero-order valence-electron chi connectivity index (χ0n) is 9.37. The second kappa shape index (κ2) is 5.95. The number of hydroxylamine groups is 2. The van der Waals surface area contributed by atoms with Crippen LogP contribution in [0.5, 0.6) is 0 Å². The van der Waals surface area contributed by atoms with Gasteiger partial charge in [-0.3, -0.25) is 9.63 Å². The van der Waals surface area contributed by atoms with Gasteiger partial charge in [-0.1, -0.05) is 13.8 Å². The van der Waals surface area contributed by atoms with E-state index >= 15 is 0 Å². The molecular weight excluding hydrogens is 184 g/mol. The van der Waals surface area contributed by atoms with Crippen LogP contribution in [0.1, 0.15) is 13.8 Å². The predicted molar refractivity (Wildman–Crippen MR) is 53.4 cm³/mol. The monoisotopic (exact) mass is 204 g/mol. The summed E-state index contributed by atoms with van der Waals surface area (Å²) in [5, 5.41) is 1.43. The third-order valence-corrected chi connectivity index (χ3v) is 1.59. The number of ether oxygens (including phenoxy) is 1. The van der Waals surface area contributed by atoms with Crippen LogP contribution in [0.2, 0.25) is 0 Å². The van der Waals surface area contributed by atoms with Gasteiger partial charge in [0, 0.05) is 19.6 Å². The quantitative estimate of drug-likeness (QED) is 0.593. The van der Waals surface area contributed by atoms with Crippen molar-refractivity contribution in [2.75, 3.05) is 33.9 Å². The van der Waals surface area contributed by atoms with Gasteiger partial charge in [-0.05, 0) is 0 Å². The van der Waals surface area contributed by atoms with Gasteiger partial charge < -0.3 is 10.5 Å². The second-order valence-corrected chi connectivity index (χ2v) is 4.12. The average Bonchev–Trinajstić information content (AvgIpc) is 2.00. The zero-order valence-corrected chi connectivity index (χ0v) is 9.37. The molecule has 0 aromatic rings. The number of likely N-dealkylation sites (N-methyl/N-ethyl adjacent to an activating group) is 1. The molecule has 0 radical (unpaired) electrons. The highest BCUT2D eigenvalue weighted by Crippen LogP contribution is 2.15. The van der Waals surface area contributed by atoms with Gasteiger partial charge in [0.1, 0.15) is 6.54 Å². The summed E-state index contributed by atoms with van der Waals surface area (Å²) in [4.78, 5) is 15.9. The molecule has 14 heavy (non-hydrogen) atoms. The molecule has 0 spiro atoms. The SMILES string of the molecule is COCC(C)(C)CON(C)CC(N)=O. The number of methoxy groups -OCH3 is 1. The summed E-state index contributed by atoms with van der Waals surface area (Å²) >= 11 is 0. The lowest BCUT2D eigenvalue weighted by molar-refractivity contribution is -0.173. The highest BCUT2D eigenvalue weighted by Gasteiger charge is 2.19. The molecule has 1 amide bonds. The van der Waals surface area contributed by atoms with Crippen LogP contribution in [0.4, 0.5) is 0 Å². The number of carbonyl (C=O) groups excluding carboxylic acids is 1. The molecule has 0 aliphatic heterocycles. The van der Waals surface area contributed by atoms with Crippen LogP contribution in [0.25, 0.3) is 0 Å². The van der Waals surface area contributed by atoms with Gasteiger partial charge in [0.2, 0.25) is 5.91 Å². The Kier molecular flexibility index (Phi) is 5.68. The summed E-state index contributed by atoms with van der Waals surface area (Å²) < 4.78 is 5.03. The number of primary amides is 1. The number of hydrogen-bond donors (Lipinski definition) is 1. The Labute approximate surface area is 85.1 Å². The van der Waals surface area contributed by atoms with Crippen LogP contribution in [0.3, 0.4) is 0 Å². The molecule has 0 heterocycles. The zero-order chi connectivity index (χ0) is 11.2. The molecule has 0 aliphatic carbocycles. The summed E-state index contributed by atoms with van der Waals surface area (Å²) in [6.07, 6.45) is 0. The Morgan fingerprint density at radius 3 is 2.43 bits per heavy atom. The van der Waals surface area contributed by atoms with E-state index in [9.17, 15) is 4.79 Å². The molecule has 2 N–H and O–H groups in total. The van der Waals surface area contributed by atoms with Crippen LogP contribution >= 0.6 is 0 Å². The van der Waals surface area contributed by atoms with Gasteiger partial charge in [-0.15, -0.1) is 0 Å². The van der Waals surface area contributed by atoms with Gasteiger partial charge in [-0.2, -0.15) is 5.06 Å². The van der Waals surface area contributed by atoms with Crippen LogP contribution in [0, 0.1) is 5.41 Å². The van der Waals surface area contributed by atoms with Crippen LogP contribution in [-0.4, -0.2) is 44.9 Å². The number of nitrogens with zero attached hydrogens (tertiary/aromatic N) is 1. The van der Waals surface area contributed by atoms with Gasteiger partial charge in [0.25, 0.3) is 0 Å². The van der Waals surface area contributed by atoms with E-state index in [4.69, 9.17) is 15.3 Å². The summed E-state index contributed by atoms with van der Waals surface area (Å²) in [7, 11) is 3.32. The van der Waals surface area contributed by atoms with Crippen molar-refractivity contribution in [2.45, 2.75) is 13.8 Å². The fourth-order valence-corrected chi connectivity index (χ4v) is 0.982. The number of nitrogens with two attached hydrogens (primary N) is 1. The highest BCUT2D eigenvalue weighted by atomic mass is 16.7. The van der Waals surface area contributed by atoms with Crippen LogP contribution < -0.4 is 5.73 Å². The van der Waals surface area contributed by atoms with Crippen molar-refractivity contribution >= 4 is 5.91 Å². The maximum atomic E-state index is 10.5. The molecule has 0 fully saturated rings. The van der Waals surface area contributed by atoms with E-state index in [1.165, 1.54) is 5.06 Å². The Balaban J connectivity index is 3.75. The number of hydrogen-bond acceptors (Lipinski definition) is 4. The van der Waals surface area contributed by atoms with Crippen molar-refractivity contribution in [2.24, 2.45) is 11.1 Å². The lowest BCUT2D eigenvalue weighted by atomic mass is 9.97. The number of amides is 1. The van der Waals surface area contributed by atoms with Crippen molar-refractivity contribution in [1.29, 1.82) is 0 Å². The molecule has 0 unspecified atom stereocenters. The van der Waals surface area contributed by atoms with E-state index in [0.29, 0.717) is 13.2 Å². The molecular formula is C9H20N2O3. The Bertz CT molecular complexity index is 183. The molecule has 0 saturated carbocycles. The minimum atomic E-state index is -0.406. The smallest absolute Gasteiger partial charge is 0.234 e. The minimum absolute atomic E-state index is 0.0688. The molecule has 84 valence electrons. The Hall–Kier alpha value is -0.650. The molecule has 0 aliphatic rings. The molecule has 5 heteroatoms. The first-order valence-electron chi connectivity index (χ1n) is 4.49. The van der Waals surface area contributed by atoms with Crippen LogP contribution in [0.15, 0.2) is 0 Å². The van der Waals surface area contributed by atoms with Crippen molar-refractivity contribution in [1.82, 2.24) is 5.06 Å². The van der Waals surface area contributed by atoms with Gasteiger partial charge in [-0.25, -0.2) is 0 Å². The molecule has 0 aromatic heterocycles. The van der Waals surface area contributed by atoms with Gasteiger partial charge in [0.05, 0.1) is 13.2 Å². The fourth-order valence-electron chi connectivity index (χ4n) is 0.982. The standard InChI is InChI=1S/C9H20N2O3/c1-9(2,6-13-4)7-14-11(3)5-8(10)12/h5-7H2,1-4H3,(H2,10,12). The summed E-state index contributed by atoms with van der Waals surface area (Å²) in [5.41, 5.74) is 4.94.